The van der Waals surface area contributed by atoms with E-state index in [4.69, 9.17) is 26.2 Å². The van der Waals surface area contributed by atoms with Gasteiger partial charge in [0, 0.05) is 0 Å². The molecule has 1 aliphatic rings. The number of hydrogen-bond acceptors (Lipinski definition) is 6. The molecule has 0 atom stereocenters. The van der Waals surface area contributed by atoms with Crippen LogP contribution < -0.4 is 19.7 Å². The Balaban J connectivity index is 1.99. The molecular formula is C23H21ClN2O7. The number of carboxylic acid groups (broad SMARTS) is 1. The summed E-state index contributed by atoms with van der Waals surface area (Å²) in [6, 6.07) is 7.27. The highest BCUT2D eigenvalue weighted by Gasteiger charge is 2.37. The summed E-state index contributed by atoms with van der Waals surface area (Å²) in [5.74, 6) is -2.18. The fraction of sp³-hybridized carbons (Fsp3) is 0.217. The minimum absolute atomic E-state index is 0.0149. The second-order valence-corrected chi connectivity index (χ2v) is 7.33. The molecular weight excluding hydrogens is 452 g/mol. The zero-order chi connectivity index (χ0) is 24.1. The van der Waals surface area contributed by atoms with E-state index in [2.05, 4.69) is 5.32 Å². The van der Waals surface area contributed by atoms with Gasteiger partial charge in [-0.3, -0.25) is 14.9 Å². The van der Waals surface area contributed by atoms with Gasteiger partial charge in [-0.15, -0.1) is 0 Å². The van der Waals surface area contributed by atoms with E-state index in [-0.39, 0.29) is 21.8 Å². The Morgan fingerprint density at radius 1 is 1.12 bits per heavy atom. The second kappa shape index (κ2) is 10.2. The number of carbonyl (C=O) groups excluding carboxylic acids is 3. The molecule has 0 unspecified atom stereocenters. The summed E-state index contributed by atoms with van der Waals surface area (Å²) >= 11 is 6.35. The summed E-state index contributed by atoms with van der Waals surface area (Å²) in [6.45, 7) is 4.51. The number of hydrogen-bond donors (Lipinski definition) is 2. The van der Waals surface area contributed by atoms with Crippen LogP contribution in [0.3, 0.4) is 0 Å². The third-order valence-electron chi connectivity index (χ3n) is 4.57. The molecule has 2 aromatic rings. The van der Waals surface area contributed by atoms with Gasteiger partial charge in [0.1, 0.15) is 5.57 Å². The molecule has 1 saturated heterocycles. The molecule has 172 valence electrons. The van der Waals surface area contributed by atoms with Crippen LogP contribution in [0.15, 0.2) is 42.0 Å². The monoisotopic (exact) mass is 472 g/mol. The highest BCUT2D eigenvalue weighted by Crippen LogP contribution is 2.37. The predicted octanol–water partition coefficient (Wildman–Crippen LogP) is 3.89. The van der Waals surface area contributed by atoms with Crippen LogP contribution in [0.2, 0.25) is 5.02 Å². The molecule has 33 heavy (non-hydrogen) atoms. The van der Waals surface area contributed by atoms with Crippen LogP contribution in [-0.4, -0.2) is 42.1 Å². The molecule has 0 aromatic heterocycles. The summed E-state index contributed by atoms with van der Waals surface area (Å²) in [4.78, 5) is 49.6. The van der Waals surface area contributed by atoms with Crippen LogP contribution in [0.1, 0.15) is 36.2 Å². The van der Waals surface area contributed by atoms with E-state index >= 15 is 0 Å². The lowest BCUT2D eigenvalue weighted by Gasteiger charge is -2.26. The Labute approximate surface area is 194 Å². The van der Waals surface area contributed by atoms with Crippen molar-refractivity contribution < 1.29 is 33.8 Å². The minimum Gasteiger partial charge on any atom is -0.490 e. The molecule has 3 rings (SSSR count). The number of halogens is 1. The first-order chi connectivity index (χ1) is 15.8. The van der Waals surface area contributed by atoms with E-state index in [9.17, 15) is 19.2 Å². The minimum atomic E-state index is -1.15. The molecule has 0 saturated carbocycles. The fourth-order valence-electron chi connectivity index (χ4n) is 3.09. The Bertz CT molecular complexity index is 1140. The van der Waals surface area contributed by atoms with Crippen molar-refractivity contribution in [2.24, 2.45) is 0 Å². The van der Waals surface area contributed by atoms with Crippen molar-refractivity contribution in [2.45, 2.75) is 20.3 Å². The van der Waals surface area contributed by atoms with Crippen LogP contribution in [0.25, 0.3) is 6.08 Å². The van der Waals surface area contributed by atoms with E-state index in [1.807, 2.05) is 6.92 Å². The van der Waals surface area contributed by atoms with Crippen molar-refractivity contribution >= 4 is 47.2 Å². The van der Waals surface area contributed by atoms with Gasteiger partial charge in [0.05, 0.1) is 29.5 Å². The molecule has 1 heterocycles. The van der Waals surface area contributed by atoms with Gasteiger partial charge in [-0.05, 0) is 61.4 Å². The lowest BCUT2D eigenvalue weighted by Crippen LogP contribution is -2.54. The van der Waals surface area contributed by atoms with Crippen molar-refractivity contribution in [2.75, 3.05) is 18.1 Å². The maximum atomic E-state index is 13.0. The van der Waals surface area contributed by atoms with Crippen molar-refractivity contribution in [1.82, 2.24) is 5.32 Å². The molecule has 9 nitrogen and oxygen atoms in total. The van der Waals surface area contributed by atoms with Crippen LogP contribution in [-0.2, 0) is 9.59 Å². The van der Waals surface area contributed by atoms with E-state index in [1.165, 1.54) is 36.4 Å². The first kappa shape index (κ1) is 23.8. The fourth-order valence-corrected chi connectivity index (χ4v) is 3.36. The van der Waals surface area contributed by atoms with E-state index in [0.717, 1.165) is 11.3 Å². The van der Waals surface area contributed by atoms with E-state index in [0.29, 0.717) is 30.3 Å². The molecule has 1 fully saturated rings. The standard InChI is InChI=1S/C23H21ClN2O7/c1-3-9-33-19-17(24)11-13(12-18(19)32-4-2)10-16-20(27)25-23(31)26(21(16)28)15-7-5-14(6-8-15)22(29)30/h5-8,10-12H,3-4,9H2,1-2H3,(H,29,30)(H,25,27,31)/b16-10+. The maximum Gasteiger partial charge on any atom is 0.335 e. The third-order valence-corrected chi connectivity index (χ3v) is 4.85. The van der Waals surface area contributed by atoms with Crippen LogP contribution >= 0.6 is 11.6 Å². The van der Waals surface area contributed by atoms with Gasteiger partial charge in [0.15, 0.2) is 11.5 Å². The molecule has 0 aliphatic carbocycles. The number of urea groups is 1. The quantitative estimate of drug-likeness (QED) is 0.441. The number of rotatable bonds is 8. The zero-order valence-corrected chi connectivity index (χ0v) is 18.6. The predicted molar refractivity (Wildman–Crippen MR) is 121 cm³/mol. The third kappa shape index (κ3) is 5.15. The normalized spacial score (nSPS) is 14.9. The highest BCUT2D eigenvalue weighted by atomic mass is 35.5. The van der Waals surface area contributed by atoms with Gasteiger partial charge in [0.25, 0.3) is 11.8 Å². The topological polar surface area (TPSA) is 122 Å². The number of barbiturate groups is 1. The lowest BCUT2D eigenvalue weighted by molar-refractivity contribution is -0.122. The van der Waals surface area contributed by atoms with Gasteiger partial charge in [-0.1, -0.05) is 18.5 Å². The molecule has 0 bridgehead atoms. The molecule has 4 amide bonds. The number of nitrogens with zero attached hydrogens (tertiary/aromatic N) is 1. The van der Waals surface area contributed by atoms with Crippen molar-refractivity contribution in [3.8, 4) is 11.5 Å². The molecule has 0 radical (unpaired) electrons. The summed E-state index contributed by atoms with van der Waals surface area (Å²) in [7, 11) is 0. The number of carbonyl (C=O) groups is 4. The van der Waals surface area contributed by atoms with Crippen molar-refractivity contribution in [3.05, 3.63) is 58.1 Å². The number of benzene rings is 2. The van der Waals surface area contributed by atoms with Gasteiger partial charge < -0.3 is 14.6 Å². The molecule has 2 aromatic carbocycles. The average Bonchev–Trinajstić information content (AvgIpc) is 2.76. The van der Waals surface area contributed by atoms with Crippen LogP contribution in [0.4, 0.5) is 10.5 Å². The lowest BCUT2D eigenvalue weighted by atomic mass is 10.1. The number of nitrogens with one attached hydrogen (secondary N) is 1. The first-order valence-corrected chi connectivity index (χ1v) is 10.5. The Hall–Kier alpha value is -3.85. The summed E-state index contributed by atoms with van der Waals surface area (Å²) in [5.41, 5.74) is 0.176. The molecule has 2 N–H and O–H groups in total. The summed E-state index contributed by atoms with van der Waals surface area (Å²) in [5, 5.41) is 11.4. The number of anilines is 1. The van der Waals surface area contributed by atoms with Gasteiger partial charge >= 0.3 is 12.0 Å². The Morgan fingerprint density at radius 2 is 1.82 bits per heavy atom. The molecule has 0 spiro atoms. The Morgan fingerprint density at radius 3 is 2.42 bits per heavy atom. The first-order valence-electron chi connectivity index (χ1n) is 10.1. The summed E-state index contributed by atoms with van der Waals surface area (Å²) < 4.78 is 11.3. The Kier molecular flexibility index (Phi) is 7.34. The number of amides is 4. The SMILES string of the molecule is CCCOc1c(Cl)cc(/C=C2\C(=O)NC(=O)N(c3ccc(C(=O)O)cc3)C2=O)cc1OCC. The summed E-state index contributed by atoms with van der Waals surface area (Å²) in [6.07, 6.45) is 2.06. The second-order valence-electron chi connectivity index (χ2n) is 6.92. The smallest absolute Gasteiger partial charge is 0.335 e. The average molecular weight is 473 g/mol. The largest absolute Gasteiger partial charge is 0.490 e. The molecule has 10 heteroatoms. The number of ether oxygens (including phenoxy) is 2. The number of aromatic carboxylic acids is 1. The van der Waals surface area contributed by atoms with Gasteiger partial charge in [-0.25, -0.2) is 14.5 Å². The number of carboxylic acids is 1. The maximum absolute atomic E-state index is 13.0. The zero-order valence-electron chi connectivity index (χ0n) is 17.9. The van der Waals surface area contributed by atoms with Gasteiger partial charge in [0.2, 0.25) is 0 Å². The van der Waals surface area contributed by atoms with Gasteiger partial charge in [-0.2, -0.15) is 0 Å². The van der Waals surface area contributed by atoms with Crippen molar-refractivity contribution in [1.29, 1.82) is 0 Å². The van der Waals surface area contributed by atoms with E-state index < -0.39 is 23.8 Å². The van der Waals surface area contributed by atoms with Crippen molar-refractivity contribution in [3.63, 3.8) is 0 Å². The van der Waals surface area contributed by atoms with Crippen LogP contribution in [0.5, 0.6) is 11.5 Å². The van der Waals surface area contributed by atoms with Crippen LogP contribution in [0, 0.1) is 0 Å². The molecule has 1 aliphatic heterocycles. The van der Waals surface area contributed by atoms with E-state index in [1.54, 1.807) is 13.0 Å². The highest BCUT2D eigenvalue weighted by molar-refractivity contribution is 6.39. The number of imide groups is 2.